The lowest BCUT2D eigenvalue weighted by molar-refractivity contribution is -0.138. The molecule has 1 heterocycles. The minimum atomic E-state index is -0.395. The van der Waals surface area contributed by atoms with Crippen LogP contribution in [0.1, 0.15) is 33.6 Å². The first kappa shape index (κ1) is 14.3. The Kier molecular flexibility index (Phi) is 5.21. The first-order valence-corrected chi connectivity index (χ1v) is 6.30. The normalized spacial score (nSPS) is 23.5. The lowest BCUT2D eigenvalue weighted by Crippen LogP contribution is -2.57. The van der Waals surface area contributed by atoms with Gasteiger partial charge in [-0.2, -0.15) is 0 Å². The van der Waals surface area contributed by atoms with Crippen LogP contribution in [-0.4, -0.2) is 54.0 Å². The van der Waals surface area contributed by atoms with E-state index in [0.717, 1.165) is 12.8 Å². The average Bonchev–Trinajstić information content (AvgIpc) is 2.27. The number of nitrogens with zero attached hydrogens (tertiary/aromatic N) is 1. The topological polar surface area (TPSA) is 61.8 Å². The molecule has 0 aromatic rings. The predicted octanol–water partition coefficient (Wildman–Crippen LogP) is 0.968. The summed E-state index contributed by atoms with van der Waals surface area (Å²) in [5.74, 6) is 0. The molecular formula is C12H24N2O3. The molecule has 0 spiro atoms. The smallest absolute Gasteiger partial charge is 0.317 e. The van der Waals surface area contributed by atoms with Crippen molar-refractivity contribution >= 4 is 6.03 Å². The third-order valence-corrected chi connectivity index (χ3v) is 2.78. The average molecular weight is 244 g/mol. The van der Waals surface area contributed by atoms with E-state index in [1.165, 1.54) is 0 Å². The summed E-state index contributed by atoms with van der Waals surface area (Å²) >= 11 is 0. The van der Waals surface area contributed by atoms with Gasteiger partial charge in [-0.15, -0.1) is 0 Å². The van der Waals surface area contributed by atoms with Crippen LogP contribution in [0.4, 0.5) is 4.79 Å². The molecule has 0 aromatic carbocycles. The molecular weight excluding hydrogens is 220 g/mol. The molecule has 0 aromatic heterocycles. The third kappa shape index (κ3) is 4.52. The van der Waals surface area contributed by atoms with Crippen LogP contribution >= 0.6 is 0 Å². The number of amides is 2. The summed E-state index contributed by atoms with van der Waals surface area (Å²) < 4.78 is 5.66. The molecule has 5 heteroatoms. The first-order chi connectivity index (χ1) is 7.98. The molecule has 0 bridgehead atoms. The highest BCUT2D eigenvalue weighted by molar-refractivity contribution is 5.74. The molecule has 0 radical (unpaired) electrons. The number of carbonyl (C=O) groups is 1. The lowest BCUT2D eigenvalue weighted by atomic mass is 10.1. The fraction of sp³-hybridized carbons (Fsp3) is 0.917. The molecule has 1 fully saturated rings. The Morgan fingerprint density at radius 2 is 2.29 bits per heavy atom. The van der Waals surface area contributed by atoms with Crippen LogP contribution in [0.25, 0.3) is 0 Å². The van der Waals surface area contributed by atoms with E-state index in [1.807, 2.05) is 13.8 Å². The number of aliphatic hydroxyl groups excluding tert-OH is 1. The van der Waals surface area contributed by atoms with E-state index in [0.29, 0.717) is 19.6 Å². The van der Waals surface area contributed by atoms with Crippen molar-refractivity contribution in [2.75, 3.05) is 26.2 Å². The SMILES string of the molecule is CCCCNC(=O)N1CC(CO)OC(C)(C)C1. The van der Waals surface area contributed by atoms with Gasteiger partial charge in [-0.1, -0.05) is 13.3 Å². The predicted molar refractivity (Wildman–Crippen MR) is 65.9 cm³/mol. The summed E-state index contributed by atoms with van der Waals surface area (Å²) in [5.41, 5.74) is -0.395. The first-order valence-electron chi connectivity index (χ1n) is 6.30. The van der Waals surface area contributed by atoms with Crippen LogP contribution < -0.4 is 5.32 Å². The summed E-state index contributed by atoms with van der Waals surface area (Å²) in [4.78, 5) is 13.6. The van der Waals surface area contributed by atoms with E-state index in [-0.39, 0.29) is 18.7 Å². The molecule has 1 atom stereocenters. The van der Waals surface area contributed by atoms with Crippen molar-refractivity contribution in [2.24, 2.45) is 0 Å². The molecule has 0 aliphatic carbocycles. The van der Waals surface area contributed by atoms with Gasteiger partial charge in [0.2, 0.25) is 0 Å². The Hall–Kier alpha value is -0.810. The van der Waals surface area contributed by atoms with Crippen molar-refractivity contribution in [3.63, 3.8) is 0 Å². The van der Waals surface area contributed by atoms with E-state index < -0.39 is 5.60 Å². The number of nitrogens with one attached hydrogen (secondary N) is 1. The van der Waals surface area contributed by atoms with Gasteiger partial charge in [0.1, 0.15) is 0 Å². The number of rotatable bonds is 4. The zero-order valence-corrected chi connectivity index (χ0v) is 11.0. The minimum absolute atomic E-state index is 0.0534. The second kappa shape index (κ2) is 6.21. The monoisotopic (exact) mass is 244 g/mol. The highest BCUT2D eigenvalue weighted by Crippen LogP contribution is 2.20. The van der Waals surface area contributed by atoms with Gasteiger partial charge in [0.25, 0.3) is 0 Å². The van der Waals surface area contributed by atoms with Gasteiger partial charge >= 0.3 is 6.03 Å². The molecule has 1 saturated heterocycles. The van der Waals surface area contributed by atoms with Crippen LogP contribution in [-0.2, 0) is 4.74 Å². The Morgan fingerprint density at radius 3 is 2.88 bits per heavy atom. The van der Waals surface area contributed by atoms with Crippen molar-refractivity contribution in [3.05, 3.63) is 0 Å². The maximum atomic E-state index is 11.9. The van der Waals surface area contributed by atoms with Crippen LogP contribution in [0.5, 0.6) is 0 Å². The van der Waals surface area contributed by atoms with Crippen molar-refractivity contribution < 1.29 is 14.6 Å². The Balaban J connectivity index is 2.48. The summed E-state index contributed by atoms with van der Waals surface area (Å²) in [5, 5.41) is 12.0. The van der Waals surface area contributed by atoms with Gasteiger partial charge < -0.3 is 20.1 Å². The number of hydrogen-bond acceptors (Lipinski definition) is 3. The second-order valence-electron chi connectivity index (χ2n) is 5.15. The highest BCUT2D eigenvalue weighted by atomic mass is 16.5. The number of unbranched alkanes of at least 4 members (excludes halogenated alkanes) is 1. The Morgan fingerprint density at radius 1 is 1.59 bits per heavy atom. The van der Waals surface area contributed by atoms with Crippen LogP contribution in [0.15, 0.2) is 0 Å². The maximum absolute atomic E-state index is 11.9. The summed E-state index contributed by atoms with van der Waals surface area (Å²) in [6, 6.07) is -0.0618. The second-order valence-corrected chi connectivity index (χ2v) is 5.15. The van der Waals surface area contributed by atoms with Gasteiger partial charge in [0, 0.05) is 6.54 Å². The highest BCUT2D eigenvalue weighted by Gasteiger charge is 2.35. The van der Waals surface area contributed by atoms with E-state index >= 15 is 0 Å². The number of ether oxygens (including phenoxy) is 1. The number of aliphatic hydroxyl groups is 1. The zero-order valence-electron chi connectivity index (χ0n) is 11.0. The summed E-state index contributed by atoms with van der Waals surface area (Å²) in [7, 11) is 0. The number of morpholine rings is 1. The van der Waals surface area contributed by atoms with Gasteiger partial charge in [-0.25, -0.2) is 4.79 Å². The number of carbonyl (C=O) groups excluding carboxylic acids is 1. The zero-order chi connectivity index (χ0) is 12.9. The largest absolute Gasteiger partial charge is 0.394 e. The van der Waals surface area contributed by atoms with Crippen LogP contribution in [0, 0.1) is 0 Å². The summed E-state index contributed by atoms with van der Waals surface area (Å²) in [6.45, 7) is 7.62. The van der Waals surface area contributed by atoms with Crippen molar-refractivity contribution in [1.29, 1.82) is 0 Å². The molecule has 2 N–H and O–H groups in total. The van der Waals surface area contributed by atoms with E-state index in [4.69, 9.17) is 9.84 Å². The van der Waals surface area contributed by atoms with Crippen molar-refractivity contribution in [2.45, 2.75) is 45.3 Å². The molecule has 0 saturated carbocycles. The number of hydrogen-bond donors (Lipinski definition) is 2. The maximum Gasteiger partial charge on any atom is 0.317 e. The number of urea groups is 1. The standard InChI is InChI=1S/C12H24N2O3/c1-4-5-6-13-11(16)14-7-10(8-15)17-12(2,3)9-14/h10,15H,4-9H2,1-3H3,(H,13,16). The van der Waals surface area contributed by atoms with Gasteiger partial charge in [0.05, 0.1) is 31.4 Å². The quantitative estimate of drug-likeness (QED) is 0.724. The molecule has 5 nitrogen and oxygen atoms in total. The molecule has 1 aliphatic rings. The molecule has 17 heavy (non-hydrogen) atoms. The van der Waals surface area contributed by atoms with Crippen molar-refractivity contribution in [3.8, 4) is 0 Å². The van der Waals surface area contributed by atoms with E-state index in [2.05, 4.69) is 12.2 Å². The lowest BCUT2D eigenvalue weighted by Gasteiger charge is -2.42. The summed E-state index contributed by atoms with van der Waals surface area (Å²) in [6.07, 6.45) is 1.77. The van der Waals surface area contributed by atoms with Gasteiger partial charge in [-0.3, -0.25) is 0 Å². The fourth-order valence-corrected chi connectivity index (χ4v) is 2.03. The molecule has 1 aliphatic heterocycles. The fourth-order valence-electron chi connectivity index (χ4n) is 2.03. The molecule has 2 amide bonds. The van der Waals surface area contributed by atoms with Gasteiger partial charge in [-0.05, 0) is 20.3 Å². The van der Waals surface area contributed by atoms with Crippen LogP contribution in [0.3, 0.4) is 0 Å². The molecule has 1 unspecified atom stereocenters. The third-order valence-electron chi connectivity index (χ3n) is 2.78. The minimum Gasteiger partial charge on any atom is -0.394 e. The molecule has 100 valence electrons. The molecule has 1 rings (SSSR count). The van der Waals surface area contributed by atoms with Gasteiger partial charge in [0.15, 0.2) is 0 Å². The Bertz CT molecular complexity index is 256. The van der Waals surface area contributed by atoms with E-state index in [1.54, 1.807) is 4.90 Å². The Labute approximate surface area is 103 Å². The van der Waals surface area contributed by atoms with Crippen molar-refractivity contribution in [1.82, 2.24) is 10.2 Å². The van der Waals surface area contributed by atoms with Crippen LogP contribution in [0.2, 0.25) is 0 Å². The van der Waals surface area contributed by atoms with E-state index in [9.17, 15) is 4.79 Å².